The number of thioether (sulfide) groups is 1. The van der Waals surface area contributed by atoms with Crippen molar-refractivity contribution in [3.63, 3.8) is 0 Å². The van der Waals surface area contributed by atoms with Gasteiger partial charge >= 0.3 is 0 Å². The largest absolute Gasteiger partial charge is 0.378 e. The van der Waals surface area contributed by atoms with E-state index >= 15 is 0 Å². The van der Waals surface area contributed by atoms with Gasteiger partial charge in [-0.3, -0.25) is 4.57 Å². The van der Waals surface area contributed by atoms with Gasteiger partial charge in [-0.05, 0) is 43.9 Å². The van der Waals surface area contributed by atoms with E-state index in [1.54, 1.807) is 11.8 Å². The molecule has 0 aliphatic heterocycles. The van der Waals surface area contributed by atoms with Crippen molar-refractivity contribution in [2.45, 2.75) is 32.5 Å². The molecule has 2 aromatic carbocycles. The van der Waals surface area contributed by atoms with Crippen molar-refractivity contribution in [2.75, 3.05) is 11.1 Å². The molecule has 0 unspecified atom stereocenters. The predicted molar refractivity (Wildman–Crippen MR) is 101 cm³/mol. The van der Waals surface area contributed by atoms with Crippen LogP contribution >= 0.6 is 11.8 Å². The van der Waals surface area contributed by atoms with Crippen LogP contribution in [0.2, 0.25) is 0 Å². The van der Waals surface area contributed by atoms with E-state index in [4.69, 9.17) is 0 Å². The van der Waals surface area contributed by atoms with Crippen LogP contribution in [0.25, 0.3) is 5.69 Å². The molecule has 0 bridgehead atoms. The zero-order valence-corrected chi connectivity index (χ0v) is 15.1. The molecule has 1 N–H and O–H groups in total. The minimum Gasteiger partial charge on any atom is -0.378 e. The van der Waals surface area contributed by atoms with Gasteiger partial charge < -0.3 is 5.32 Å². The number of aryl methyl sites for hydroxylation is 2. The van der Waals surface area contributed by atoms with Gasteiger partial charge in [0.25, 0.3) is 0 Å². The number of aromatic nitrogens is 3. The van der Waals surface area contributed by atoms with Crippen LogP contribution in [0.1, 0.15) is 23.9 Å². The second-order valence-electron chi connectivity index (χ2n) is 5.72. The van der Waals surface area contributed by atoms with Crippen molar-refractivity contribution >= 4 is 17.4 Å². The van der Waals surface area contributed by atoms with Crippen LogP contribution in [0.4, 0.5) is 5.69 Å². The first-order chi connectivity index (χ1) is 11.7. The maximum atomic E-state index is 4.40. The summed E-state index contributed by atoms with van der Waals surface area (Å²) in [7, 11) is 0. The molecule has 4 nitrogen and oxygen atoms in total. The summed E-state index contributed by atoms with van der Waals surface area (Å²) in [5, 5.41) is 13.1. The van der Waals surface area contributed by atoms with E-state index in [9.17, 15) is 0 Å². The summed E-state index contributed by atoms with van der Waals surface area (Å²) >= 11 is 1.71. The van der Waals surface area contributed by atoms with E-state index < -0.39 is 0 Å². The Balaban J connectivity index is 1.87. The molecule has 5 heteroatoms. The van der Waals surface area contributed by atoms with Crippen LogP contribution in [0.3, 0.4) is 0 Å². The fourth-order valence-electron chi connectivity index (χ4n) is 2.44. The van der Waals surface area contributed by atoms with Crippen molar-refractivity contribution in [1.82, 2.24) is 14.8 Å². The van der Waals surface area contributed by atoms with Gasteiger partial charge in [-0.15, -0.1) is 10.2 Å². The topological polar surface area (TPSA) is 42.7 Å². The van der Waals surface area contributed by atoms with E-state index in [1.807, 2.05) is 0 Å². The Hall–Kier alpha value is -2.27. The standard InChI is InChI=1S/C19H22N4S/c1-4-24-19-22-21-18(13-20-16-9-5-14(2)6-10-16)23(19)17-11-7-15(3)8-12-17/h5-12,20H,4,13H2,1-3H3. The van der Waals surface area contributed by atoms with Crippen molar-refractivity contribution in [3.05, 3.63) is 65.5 Å². The highest BCUT2D eigenvalue weighted by molar-refractivity contribution is 7.99. The van der Waals surface area contributed by atoms with Crippen LogP contribution in [0.5, 0.6) is 0 Å². The Kier molecular flexibility index (Phi) is 5.20. The number of hydrogen-bond acceptors (Lipinski definition) is 4. The van der Waals surface area contributed by atoms with Gasteiger partial charge in [-0.25, -0.2) is 0 Å². The average molecular weight is 338 g/mol. The highest BCUT2D eigenvalue weighted by Gasteiger charge is 2.13. The summed E-state index contributed by atoms with van der Waals surface area (Å²) in [5.74, 6) is 1.88. The molecule has 3 rings (SSSR count). The lowest BCUT2D eigenvalue weighted by atomic mass is 10.2. The van der Waals surface area contributed by atoms with E-state index in [0.717, 1.165) is 28.1 Å². The van der Waals surface area contributed by atoms with Gasteiger partial charge in [0.15, 0.2) is 11.0 Å². The first-order valence-electron chi connectivity index (χ1n) is 8.12. The maximum absolute atomic E-state index is 4.40. The van der Waals surface area contributed by atoms with Gasteiger partial charge in [0.05, 0.1) is 6.54 Å². The molecule has 0 fully saturated rings. The van der Waals surface area contributed by atoms with Crippen LogP contribution in [0, 0.1) is 13.8 Å². The zero-order chi connectivity index (χ0) is 16.9. The van der Waals surface area contributed by atoms with Crippen LogP contribution in [-0.2, 0) is 6.54 Å². The van der Waals surface area contributed by atoms with Gasteiger partial charge in [-0.2, -0.15) is 0 Å². The Morgan fingerprint density at radius 3 is 2.17 bits per heavy atom. The summed E-state index contributed by atoms with van der Waals surface area (Å²) < 4.78 is 2.13. The number of nitrogens with zero attached hydrogens (tertiary/aromatic N) is 3. The number of benzene rings is 2. The molecule has 0 saturated heterocycles. The molecular formula is C19H22N4S. The number of nitrogens with one attached hydrogen (secondary N) is 1. The number of hydrogen-bond donors (Lipinski definition) is 1. The fourth-order valence-corrected chi connectivity index (χ4v) is 3.14. The second kappa shape index (κ2) is 7.53. The Morgan fingerprint density at radius 2 is 1.54 bits per heavy atom. The van der Waals surface area contributed by atoms with E-state index in [2.05, 4.69) is 89.4 Å². The molecule has 3 aromatic rings. The molecule has 1 aromatic heterocycles. The normalized spacial score (nSPS) is 10.8. The summed E-state index contributed by atoms with van der Waals surface area (Å²) in [5.41, 5.74) is 4.69. The maximum Gasteiger partial charge on any atom is 0.195 e. The van der Waals surface area contributed by atoms with Gasteiger partial charge in [0, 0.05) is 11.4 Å². The smallest absolute Gasteiger partial charge is 0.195 e. The van der Waals surface area contributed by atoms with E-state index in [-0.39, 0.29) is 0 Å². The fraction of sp³-hybridized carbons (Fsp3) is 0.263. The lowest BCUT2D eigenvalue weighted by molar-refractivity contribution is 0.841. The lowest BCUT2D eigenvalue weighted by Crippen LogP contribution is -2.08. The quantitative estimate of drug-likeness (QED) is 0.667. The summed E-state index contributed by atoms with van der Waals surface area (Å²) in [4.78, 5) is 0. The molecule has 0 spiro atoms. The zero-order valence-electron chi connectivity index (χ0n) is 14.3. The summed E-state index contributed by atoms with van der Waals surface area (Å²) in [6, 6.07) is 16.9. The van der Waals surface area contributed by atoms with Crippen molar-refractivity contribution in [2.24, 2.45) is 0 Å². The Labute approximate surface area is 147 Å². The van der Waals surface area contributed by atoms with Crippen LogP contribution < -0.4 is 5.32 Å². The first kappa shape index (κ1) is 16.6. The summed E-state index contributed by atoms with van der Waals surface area (Å²) in [6.07, 6.45) is 0. The monoisotopic (exact) mass is 338 g/mol. The molecule has 0 saturated carbocycles. The SMILES string of the molecule is CCSc1nnc(CNc2ccc(C)cc2)n1-c1ccc(C)cc1. The number of rotatable bonds is 6. The second-order valence-corrected chi connectivity index (χ2v) is 6.95. The third-order valence-corrected chi connectivity index (χ3v) is 4.58. The molecule has 0 aliphatic carbocycles. The average Bonchev–Trinajstić information content (AvgIpc) is 2.98. The minimum absolute atomic E-state index is 0.633. The molecule has 0 amide bonds. The molecule has 24 heavy (non-hydrogen) atoms. The molecule has 124 valence electrons. The first-order valence-corrected chi connectivity index (χ1v) is 9.10. The molecule has 0 radical (unpaired) electrons. The number of anilines is 1. The Bertz CT molecular complexity index is 791. The third-order valence-electron chi connectivity index (χ3n) is 3.77. The van der Waals surface area contributed by atoms with E-state index in [0.29, 0.717) is 6.54 Å². The molecular weight excluding hydrogens is 316 g/mol. The third kappa shape index (κ3) is 3.79. The predicted octanol–water partition coefficient (Wildman–Crippen LogP) is 4.61. The Morgan fingerprint density at radius 1 is 0.917 bits per heavy atom. The molecule has 0 atom stereocenters. The minimum atomic E-state index is 0.633. The van der Waals surface area contributed by atoms with Crippen LogP contribution in [0.15, 0.2) is 53.7 Å². The molecule has 0 aliphatic rings. The van der Waals surface area contributed by atoms with Gasteiger partial charge in [0.1, 0.15) is 0 Å². The van der Waals surface area contributed by atoms with Crippen molar-refractivity contribution in [3.8, 4) is 5.69 Å². The highest BCUT2D eigenvalue weighted by atomic mass is 32.2. The lowest BCUT2D eigenvalue weighted by Gasteiger charge is -2.11. The van der Waals surface area contributed by atoms with Gasteiger partial charge in [-0.1, -0.05) is 54.1 Å². The van der Waals surface area contributed by atoms with Gasteiger partial charge in [0.2, 0.25) is 0 Å². The van der Waals surface area contributed by atoms with Crippen LogP contribution in [-0.4, -0.2) is 20.5 Å². The van der Waals surface area contributed by atoms with Crippen molar-refractivity contribution in [1.29, 1.82) is 0 Å². The van der Waals surface area contributed by atoms with Crippen molar-refractivity contribution < 1.29 is 0 Å². The van der Waals surface area contributed by atoms with E-state index in [1.165, 1.54) is 11.1 Å². The summed E-state index contributed by atoms with van der Waals surface area (Å²) in [6.45, 7) is 6.95. The highest BCUT2D eigenvalue weighted by Crippen LogP contribution is 2.23. The molecule has 1 heterocycles.